The zero-order valence-electron chi connectivity index (χ0n) is 12.4. The van der Waals surface area contributed by atoms with Crippen molar-refractivity contribution in [2.24, 2.45) is 0 Å². The quantitative estimate of drug-likeness (QED) is 0.384. The molecule has 0 aliphatic rings. The van der Waals surface area contributed by atoms with Gasteiger partial charge in [0.1, 0.15) is 6.42 Å². The highest BCUT2D eigenvalue weighted by Crippen LogP contribution is 2.24. The molecular formula is C13H16N2O6. The van der Waals surface area contributed by atoms with Crippen LogP contribution in [-0.2, 0) is 14.3 Å². The van der Waals surface area contributed by atoms with Crippen molar-refractivity contribution < 1.29 is 29.0 Å². The Hall–Kier alpha value is -2.77. The first-order chi connectivity index (χ1) is 10.6. The number of para-hydroxylation sites is 2. The molecule has 8 heteroatoms. The van der Waals surface area contributed by atoms with E-state index in [0.29, 0.717) is 6.54 Å². The molecule has 0 aromatic heterocycles. The highest BCUT2D eigenvalue weighted by atomic mass is 16.6. The lowest BCUT2D eigenvalue weighted by molar-refractivity contribution is -0.146. The largest absolute Gasteiger partial charge is 0.504 e. The van der Waals surface area contributed by atoms with Crippen LogP contribution in [0.3, 0.4) is 0 Å². The fraction of sp³-hybridized carbons (Fsp3) is 0.308. The van der Waals surface area contributed by atoms with Crippen LogP contribution < -0.4 is 15.4 Å². The van der Waals surface area contributed by atoms with Crippen molar-refractivity contribution in [3.8, 4) is 11.5 Å². The van der Waals surface area contributed by atoms with Gasteiger partial charge in [0.05, 0.1) is 0 Å². The van der Waals surface area contributed by atoms with Crippen molar-refractivity contribution in [2.75, 3.05) is 13.3 Å². The van der Waals surface area contributed by atoms with Gasteiger partial charge >= 0.3 is 12.1 Å². The average Bonchev–Trinajstić information content (AvgIpc) is 2.47. The maximum absolute atomic E-state index is 11.5. The zero-order valence-corrected chi connectivity index (χ0v) is 11.4. The van der Waals surface area contributed by atoms with Crippen LogP contribution in [0.5, 0.6) is 11.5 Å². The smallest absolute Gasteiger partial charge is 0.415 e. The number of rotatable bonds is 7. The molecule has 0 saturated heterocycles. The second-order valence-electron chi connectivity index (χ2n) is 3.80. The molecule has 0 spiro atoms. The number of nitrogens with one attached hydrogen (secondary N) is 2. The number of hydrogen-bond donors (Lipinski definition) is 3. The maximum atomic E-state index is 11.5. The number of hydrogen-bond acceptors (Lipinski definition) is 6. The molecule has 0 fully saturated rings. The van der Waals surface area contributed by atoms with Gasteiger partial charge in [-0.1, -0.05) is 12.1 Å². The summed E-state index contributed by atoms with van der Waals surface area (Å²) < 4.78 is 16.3. The van der Waals surface area contributed by atoms with Crippen molar-refractivity contribution in [3.05, 3.63) is 24.3 Å². The summed E-state index contributed by atoms with van der Waals surface area (Å²) in [7, 11) is 0. The molecular weight excluding hydrogens is 280 g/mol. The van der Waals surface area contributed by atoms with Gasteiger partial charge in [0.15, 0.2) is 18.2 Å². The predicted octanol–water partition coefficient (Wildman–Crippen LogP) is 0.507. The molecule has 0 aliphatic heterocycles. The summed E-state index contributed by atoms with van der Waals surface area (Å²) in [5, 5.41) is 8.87. The molecule has 0 unspecified atom stereocenters. The van der Waals surface area contributed by atoms with Crippen molar-refractivity contribution in [3.63, 3.8) is 0 Å². The van der Waals surface area contributed by atoms with Gasteiger partial charge in [0, 0.05) is 6.54 Å². The summed E-state index contributed by atoms with van der Waals surface area (Å²) in [6, 6.07) is 6.09. The maximum Gasteiger partial charge on any atom is 0.415 e. The molecule has 8 nitrogen and oxygen atoms in total. The summed E-state index contributed by atoms with van der Waals surface area (Å²) >= 11 is 0. The number of carbonyl (C=O) groups excluding carboxylic acids is 3. The Bertz CT molecular complexity index is 537. The minimum Gasteiger partial charge on any atom is -0.504 e. The molecule has 0 bridgehead atoms. The normalized spacial score (nSPS) is 10.0. The van der Waals surface area contributed by atoms with Gasteiger partial charge in [-0.3, -0.25) is 14.9 Å². The number of ether oxygens (including phenoxy) is 2. The number of benzene rings is 1. The topological polar surface area (TPSA) is 114 Å². The number of phenols is 1. The summed E-state index contributed by atoms with van der Waals surface area (Å²) in [5.74, 6) is -1.13. The highest BCUT2D eigenvalue weighted by molar-refractivity contribution is 5.94. The Balaban J connectivity index is 2.31. The van der Waals surface area contributed by atoms with E-state index >= 15 is 0 Å². The number of carbonyl (C=O) groups is 3. The summed E-state index contributed by atoms with van der Waals surface area (Å²) in [6.45, 7) is 1.69. The number of amides is 2. The summed E-state index contributed by atoms with van der Waals surface area (Å²) in [6.07, 6.45) is -1.32. The van der Waals surface area contributed by atoms with Gasteiger partial charge in [0.25, 0.3) is 1.43 Å². The van der Waals surface area contributed by atoms with E-state index in [1.165, 1.54) is 12.1 Å². The molecule has 1 aromatic rings. The zero-order chi connectivity index (χ0) is 16.4. The first-order valence-electron chi connectivity index (χ1n) is 6.57. The molecule has 0 aliphatic carbocycles. The van der Waals surface area contributed by atoms with Crippen LogP contribution in [0, 0.1) is 0 Å². The monoisotopic (exact) mass is 298 g/mol. The summed E-state index contributed by atoms with van der Waals surface area (Å²) in [5.41, 5.74) is 0. The molecule has 1 rings (SSSR count). The van der Waals surface area contributed by atoms with E-state index in [1.54, 1.807) is 19.1 Å². The Morgan fingerprint density at radius 2 is 2.05 bits per heavy atom. The van der Waals surface area contributed by atoms with Gasteiger partial charge in [-0.15, -0.1) is 0 Å². The molecule has 3 N–H and O–H groups in total. The third-order valence-electron chi connectivity index (χ3n) is 2.18. The highest BCUT2D eigenvalue weighted by Gasteiger charge is 2.11. The first kappa shape index (κ1) is 14.6. The van der Waals surface area contributed by atoms with Crippen LogP contribution in [0.2, 0.25) is 0 Å². The summed E-state index contributed by atoms with van der Waals surface area (Å²) in [4.78, 5) is 33.8. The Morgan fingerprint density at radius 1 is 1.29 bits per heavy atom. The second-order valence-corrected chi connectivity index (χ2v) is 3.80. The SMILES string of the molecule is [3H]Oc1ccccc1OC(=O)NCOC(=O)CC(=O)NCC. The van der Waals surface area contributed by atoms with E-state index in [2.05, 4.69) is 20.5 Å². The van der Waals surface area contributed by atoms with E-state index in [1.807, 2.05) is 0 Å². The van der Waals surface area contributed by atoms with E-state index in [-0.39, 0.29) is 11.5 Å². The molecule has 0 saturated carbocycles. The molecule has 0 radical (unpaired) electrons. The molecule has 114 valence electrons. The third-order valence-corrected chi connectivity index (χ3v) is 2.18. The fourth-order valence-electron chi connectivity index (χ4n) is 1.29. The Labute approximate surface area is 122 Å². The number of esters is 1. The average molecular weight is 298 g/mol. The second kappa shape index (κ2) is 8.41. The van der Waals surface area contributed by atoms with Gasteiger partial charge in [-0.05, 0) is 19.1 Å². The third kappa shape index (κ3) is 6.28. The molecule has 0 atom stereocenters. The Morgan fingerprint density at radius 3 is 2.76 bits per heavy atom. The van der Waals surface area contributed by atoms with E-state index < -0.39 is 31.1 Å². The van der Waals surface area contributed by atoms with Crippen molar-refractivity contribution >= 4 is 18.0 Å². The van der Waals surface area contributed by atoms with Crippen LogP contribution >= 0.6 is 0 Å². The van der Waals surface area contributed by atoms with Crippen LogP contribution in [0.25, 0.3) is 0 Å². The van der Waals surface area contributed by atoms with Crippen LogP contribution in [0.4, 0.5) is 4.79 Å². The van der Waals surface area contributed by atoms with Gasteiger partial charge in [0.2, 0.25) is 5.91 Å². The Kier molecular flexibility index (Phi) is 5.86. The van der Waals surface area contributed by atoms with Crippen LogP contribution in [-0.4, -0.2) is 37.8 Å². The van der Waals surface area contributed by atoms with Crippen molar-refractivity contribution in [1.82, 2.24) is 10.6 Å². The van der Waals surface area contributed by atoms with Crippen molar-refractivity contribution in [2.45, 2.75) is 13.3 Å². The first-order valence-corrected chi connectivity index (χ1v) is 6.17. The standard InChI is InChI=1S/C13H16N2O6/c1-2-14-11(17)7-12(18)20-8-15-13(19)21-10-6-4-3-5-9(10)16/h3-6,16H,2,7-8H2,1H3,(H,14,17)(H,15,19)/i/hT. The minimum absolute atomic E-state index is 0.0450. The van der Waals surface area contributed by atoms with E-state index in [0.717, 1.165) is 0 Å². The van der Waals surface area contributed by atoms with E-state index in [9.17, 15) is 14.4 Å². The van der Waals surface area contributed by atoms with Crippen molar-refractivity contribution in [1.29, 1.82) is 1.43 Å². The van der Waals surface area contributed by atoms with Gasteiger partial charge < -0.3 is 19.9 Å². The van der Waals surface area contributed by atoms with Gasteiger partial charge in [-0.25, -0.2) is 4.79 Å². The predicted molar refractivity (Wildman–Crippen MR) is 71.5 cm³/mol. The number of aromatic hydroxyl groups is 1. The molecule has 21 heavy (non-hydrogen) atoms. The lowest BCUT2D eigenvalue weighted by Crippen LogP contribution is -2.32. The van der Waals surface area contributed by atoms with Crippen LogP contribution in [0.15, 0.2) is 24.3 Å². The molecule has 1 aromatic carbocycles. The minimum atomic E-state index is -0.893. The fourth-order valence-corrected chi connectivity index (χ4v) is 1.29. The molecule has 0 heterocycles. The molecule has 2 amide bonds. The van der Waals surface area contributed by atoms with Crippen LogP contribution in [0.1, 0.15) is 13.3 Å². The lowest BCUT2D eigenvalue weighted by atomic mass is 10.3. The van der Waals surface area contributed by atoms with Gasteiger partial charge in [-0.2, -0.15) is 0 Å². The lowest BCUT2D eigenvalue weighted by Gasteiger charge is -2.08. The number of phenolic OH excluding ortho intramolecular Hbond substituents is 1. The van der Waals surface area contributed by atoms with E-state index in [4.69, 9.17) is 6.17 Å².